The maximum absolute atomic E-state index is 12.1. The molecule has 2 aromatic rings. The number of nitrogens with zero attached hydrogens (tertiary/aromatic N) is 2. The lowest BCUT2D eigenvalue weighted by atomic mass is 10.2. The normalized spacial score (nSPS) is 11.4. The van der Waals surface area contributed by atoms with Gasteiger partial charge in [0.25, 0.3) is 0 Å². The molecule has 0 aliphatic rings. The molecule has 1 aromatic heterocycles. The highest BCUT2D eigenvalue weighted by Gasteiger charge is 2.12. The van der Waals surface area contributed by atoms with Crippen molar-refractivity contribution in [1.29, 1.82) is 0 Å². The van der Waals surface area contributed by atoms with Gasteiger partial charge in [-0.05, 0) is 26.0 Å². The van der Waals surface area contributed by atoms with Gasteiger partial charge in [0.15, 0.2) is 0 Å². The highest BCUT2D eigenvalue weighted by Crippen LogP contribution is 2.11. The molecule has 2 N–H and O–H groups in total. The number of hydrogen-bond donors (Lipinski definition) is 2. The lowest BCUT2D eigenvalue weighted by Crippen LogP contribution is -2.29. The van der Waals surface area contributed by atoms with E-state index in [1.165, 1.54) is 0 Å². The van der Waals surface area contributed by atoms with Gasteiger partial charge in [0.05, 0.1) is 4.90 Å². The van der Waals surface area contributed by atoms with Crippen molar-refractivity contribution in [3.05, 3.63) is 46.9 Å². The van der Waals surface area contributed by atoms with Crippen molar-refractivity contribution in [3.8, 4) is 0 Å². The van der Waals surface area contributed by atoms with Crippen molar-refractivity contribution in [2.45, 2.75) is 18.7 Å². The molecular weight excluding hydrogens is 324 g/mol. The highest BCUT2D eigenvalue weighted by molar-refractivity contribution is 7.89. The summed E-state index contributed by atoms with van der Waals surface area (Å²) < 4.78 is 26.7. The van der Waals surface area contributed by atoms with Crippen LogP contribution in [-0.2, 0) is 10.0 Å². The van der Waals surface area contributed by atoms with Crippen molar-refractivity contribution in [3.63, 3.8) is 0 Å². The Labute approximate surface area is 135 Å². The van der Waals surface area contributed by atoms with Gasteiger partial charge in [0, 0.05) is 19.2 Å². The number of rotatable bonds is 6. The summed E-state index contributed by atoms with van der Waals surface area (Å²) in [6.45, 7) is 4.26. The zero-order valence-corrected chi connectivity index (χ0v) is 13.9. The third-order valence-electron chi connectivity index (χ3n) is 2.86. The minimum atomic E-state index is -3.50. The molecule has 0 unspecified atom stereocenters. The van der Waals surface area contributed by atoms with Crippen LogP contribution in [0.1, 0.15) is 11.4 Å². The Morgan fingerprint density at radius 1 is 1.09 bits per heavy atom. The molecule has 1 heterocycles. The van der Waals surface area contributed by atoms with Crippen LogP contribution in [0, 0.1) is 13.8 Å². The fourth-order valence-corrected chi connectivity index (χ4v) is 3.06. The van der Waals surface area contributed by atoms with Crippen LogP contribution in [0.2, 0.25) is 5.15 Å². The molecule has 118 valence electrons. The van der Waals surface area contributed by atoms with Crippen LogP contribution in [0.15, 0.2) is 35.2 Å². The molecule has 0 aliphatic carbocycles. The van der Waals surface area contributed by atoms with Crippen LogP contribution >= 0.6 is 11.6 Å². The molecule has 0 spiro atoms. The fraction of sp³-hybridized carbons (Fsp3) is 0.286. The average Bonchev–Trinajstić information content (AvgIpc) is 2.43. The molecular formula is C14H17ClN4O2S. The van der Waals surface area contributed by atoms with E-state index in [9.17, 15) is 8.42 Å². The number of hydrogen-bond acceptors (Lipinski definition) is 5. The highest BCUT2D eigenvalue weighted by atomic mass is 35.5. The zero-order chi connectivity index (χ0) is 16.2. The van der Waals surface area contributed by atoms with E-state index in [0.717, 1.165) is 5.56 Å². The Morgan fingerprint density at radius 3 is 2.41 bits per heavy atom. The minimum Gasteiger partial charge on any atom is -0.369 e. The largest absolute Gasteiger partial charge is 0.369 e. The van der Waals surface area contributed by atoms with E-state index in [0.29, 0.717) is 23.3 Å². The number of sulfonamides is 1. The van der Waals surface area contributed by atoms with Gasteiger partial charge >= 0.3 is 0 Å². The quantitative estimate of drug-likeness (QED) is 0.621. The van der Waals surface area contributed by atoms with E-state index in [-0.39, 0.29) is 11.4 Å². The Hall–Kier alpha value is -1.70. The van der Waals surface area contributed by atoms with Crippen LogP contribution in [0.3, 0.4) is 0 Å². The standard InChI is InChI=1S/C14H17ClN4O2S/c1-10-3-5-12(6-4-10)22(20,21)17-8-7-16-14-9-13(15)18-11(2)19-14/h3-6,9,17H,7-8H2,1-2H3,(H,16,18,19). The lowest BCUT2D eigenvalue weighted by molar-refractivity contribution is 0.583. The molecule has 2 rings (SSSR count). The predicted molar refractivity (Wildman–Crippen MR) is 86.6 cm³/mol. The molecule has 8 heteroatoms. The molecule has 22 heavy (non-hydrogen) atoms. The van der Waals surface area contributed by atoms with Gasteiger partial charge in [-0.3, -0.25) is 0 Å². The smallest absolute Gasteiger partial charge is 0.240 e. The molecule has 0 saturated heterocycles. The van der Waals surface area contributed by atoms with E-state index < -0.39 is 10.0 Å². The van der Waals surface area contributed by atoms with Gasteiger partial charge in [-0.15, -0.1) is 0 Å². The molecule has 0 fully saturated rings. The summed E-state index contributed by atoms with van der Waals surface area (Å²) in [5, 5.41) is 3.34. The van der Waals surface area contributed by atoms with Gasteiger partial charge in [0.2, 0.25) is 10.0 Å². The first-order chi connectivity index (χ1) is 10.4. The number of nitrogens with one attached hydrogen (secondary N) is 2. The van der Waals surface area contributed by atoms with E-state index in [1.807, 2.05) is 6.92 Å². The maximum atomic E-state index is 12.1. The third-order valence-corrected chi connectivity index (χ3v) is 4.53. The molecule has 6 nitrogen and oxygen atoms in total. The summed E-state index contributed by atoms with van der Waals surface area (Å²) >= 11 is 5.83. The zero-order valence-electron chi connectivity index (χ0n) is 12.3. The van der Waals surface area contributed by atoms with Gasteiger partial charge in [-0.1, -0.05) is 29.3 Å². The molecule has 0 bridgehead atoms. The van der Waals surface area contributed by atoms with Crippen LogP contribution in [0.5, 0.6) is 0 Å². The molecule has 1 aromatic carbocycles. The Morgan fingerprint density at radius 2 is 1.77 bits per heavy atom. The van der Waals surface area contributed by atoms with Gasteiger partial charge in [-0.2, -0.15) is 0 Å². The summed E-state index contributed by atoms with van der Waals surface area (Å²) in [5.74, 6) is 1.11. The van der Waals surface area contributed by atoms with Crippen molar-refractivity contribution >= 4 is 27.4 Å². The Balaban J connectivity index is 1.89. The number of anilines is 1. The monoisotopic (exact) mass is 340 g/mol. The average molecular weight is 341 g/mol. The summed E-state index contributed by atoms with van der Waals surface area (Å²) in [7, 11) is -3.50. The van der Waals surface area contributed by atoms with Crippen LogP contribution in [0.4, 0.5) is 5.82 Å². The second-order valence-electron chi connectivity index (χ2n) is 4.76. The maximum Gasteiger partial charge on any atom is 0.240 e. The third kappa shape index (κ3) is 4.66. The second kappa shape index (κ2) is 7.04. The van der Waals surface area contributed by atoms with Gasteiger partial charge in [0.1, 0.15) is 16.8 Å². The first kappa shape index (κ1) is 16.7. The predicted octanol–water partition coefficient (Wildman–Crippen LogP) is 2.14. The van der Waals surface area contributed by atoms with Crippen molar-refractivity contribution in [2.24, 2.45) is 0 Å². The first-order valence-electron chi connectivity index (χ1n) is 6.68. The van der Waals surface area contributed by atoms with Crippen molar-refractivity contribution < 1.29 is 8.42 Å². The molecule has 0 amide bonds. The van der Waals surface area contributed by atoms with E-state index >= 15 is 0 Å². The number of benzene rings is 1. The van der Waals surface area contributed by atoms with Crippen LogP contribution in [-0.4, -0.2) is 31.5 Å². The fourth-order valence-electron chi connectivity index (χ4n) is 1.80. The molecule has 0 saturated carbocycles. The number of aromatic nitrogens is 2. The summed E-state index contributed by atoms with van der Waals surface area (Å²) in [6, 6.07) is 8.28. The minimum absolute atomic E-state index is 0.233. The molecule has 0 atom stereocenters. The second-order valence-corrected chi connectivity index (χ2v) is 6.91. The summed E-state index contributed by atoms with van der Waals surface area (Å²) in [5.41, 5.74) is 1.01. The van der Waals surface area contributed by atoms with Gasteiger partial charge < -0.3 is 5.32 Å². The van der Waals surface area contributed by atoms with Crippen LogP contribution < -0.4 is 10.0 Å². The molecule has 0 radical (unpaired) electrons. The molecule has 0 aliphatic heterocycles. The van der Waals surface area contributed by atoms with E-state index in [4.69, 9.17) is 11.6 Å². The summed E-state index contributed by atoms with van der Waals surface area (Å²) in [6.07, 6.45) is 0. The van der Waals surface area contributed by atoms with Crippen molar-refractivity contribution in [1.82, 2.24) is 14.7 Å². The Kier molecular flexibility index (Phi) is 5.33. The first-order valence-corrected chi connectivity index (χ1v) is 8.54. The lowest BCUT2D eigenvalue weighted by Gasteiger charge is -2.09. The number of halogens is 1. The van der Waals surface area contributed by atoms with Gasteiger partial charge in [-0.25, -0.2) is 23.1 Å². The SMILES string of the molecule is Cc1ccc(S(=O)(=O)NCCNc2cc(Cl)nc(C)n2)cc1. The van der Waals surface area contributed by atoms with E-state index in [1.54, 1.807) is 37.3 Å². The van der Waals surface area contributed by atoms with Crippen molar-refractivity contribution in [2.75, 3.05) is 18.4 Å². The van der Waals surface area contributed by atoms with E-state index in [2.05, 4.69) is 20.0 Å². The van der Waals surface area contributed by atoms with Crippen LogP contribution in [0.25, 0.3) is 0 Å². The Bertz CT molecular complexity index is 728. The summed E-state index contributed by atoms with van der Waals surface area (Å²) in [4.78, 5) is 8.35. The number of aryl methyl sites for hydroxylation is 2. The topological polar surface area (TPSA) is 84.0 Å².